The minimum atomic E-state index is 0.579. The maximum atomic E-state index is 6.00. The average molecular weight is 332 g/mol. The molecule has 4 heteroatoms. The fourth-order valence-corrected chi connectivity index (χ4v) is 2.66. The molecule has 1 aromatic carbocycles. The van der Waals surface area contributed by atoms with Gasteiger partial charge in [-0.15, -0.1) is 0 Å². The molecule has 1 saturated carbocycles. The molecule has 1 unspecified atom stereocenters. The van der Waals surface area contributed by atoms with E-state index in [1.54, 1.807) is 0 Å². The molecule has 0 bridgehead atoms. The van der Waals surface area contributed by atoms with Crippen molar-refractivity contribution in [1.29, 1.82) is 0 Å². The molecule has 0 aliphatic heterocycles. The van der Waals surface area contributed by atoms with E-state index in [-0.39, 0.29) is 0 Å². The minimum absolute atomic E-state index is 0.579. The maximum Gasteiger partial charge on any atom is 0.0410 e. The Labute approximate surface area is 123 Å². The van der Waals surface area contributed by atoms with Crippen LogP contribution in [0.3, 0.4) is 0 Å². The maximum absolute atomic E-state index is 6.00. The van der Waals surface area contributed by atoms with Crippen LogP contribution in [0.25, 0.3) is 0 Å². The van der Waals surface area contributed by atoms with Gasteiger partial charge in [0.15, 0.2) is 0 Å². The summed E-state index contributed by atoms with van der Waals surface area (Å²) in [6.07, 6.45) is 2.72. The molecule has 18 heavy (non-hydrogen) atoms. The normalized spacial score (nSPS) is 17.2. The molecule has 1 aliphatic carbocycles. The summed E-state index contributed by atoms with van der Waals surface area (Å²) in [4.78, 5) is 2.47. The molecule has 1 N–H and O–H groups in total. The van der Waals surface area contributed by atoms with Crippen LogP contribution in [0.4, 0.5) is 0 Å². The SMILES string of the molecule is CC(CNCc1cc(Cl)ccc1Br)N(C)C1CC1. The van der Waals surface area contributed by atoms with Crippen LogP contribution in [-0.2, 0) is 6.54 Å². The van der Waals surface area contributed by atoms with E-state index in [2.05, 4.69) is 40.1 Å². The van der Waals surface area contributed by atoms with Crippen LogP contribution in [0.5, 0.6) is 0 Å². The van der Waals surface area contributed by atoms with Crippen LogP contribution < -0.4 is 5.32 Å². The predicted molar refractivity (Wildman–Crippen MR) is 81.1 cm³/mol. The van der Waals surface area contributed by atoms with Gasteiger partial charge in [-0.1, -0.05) is 27.5 Å². The van der Waals surface area contributed by atoms with Crippen molar-refractivity contribution in [2.45, 2.75) is 38.4 Å². The first-order chi connectivity index (χ1) is 8.58. The van der Waals surface area contributed by atoms with Gasteiger partial charge < -0.3 is 5.32 Å². The van der Waals surface area contributed by atoms with Gasteiger partial charge in [0.1, 0.15) is 0 Å². The lowest BCUT2D eigenvalue weighted by atomic mass is 10.2. The second-order valence-electron chi connectivity index (χ2n) is 5.11. The van der Waals surface area contributed by atoms with Crippen molar-refractivity contribution in [3.8, 4) is 0 Å². The summed E-state index contributed by atoms with van der Waals surface area (Å²) in [5, 5.41) is 4.29. The first-order valence-corrected chi connectivity index (χ1v) is 7.61. The third kappa shape index (κ3) is 3.95. The molecule has 1 aliphatic rings. The molecule has 0 heterocycles. The monoisotopic (exact) mass is 330 g/mol. The number of benzene rings is 1. The van der Waals surface area contributed by atoms with Gasteiger partial charge in [0, 0.05) is 34.7 Å². The molecule has 0 saturated heterocycles. The van der Waals surface area contributed by atoms with Gasteiger partial charge in [-0.2, -0.15) is 0 Å². The molecule has 0 amide bonds. The fraction of sp³-hybridized carbons (Fsp3) is 0.571. The van der Waals surface area contributed by atoms with Crippen LogP contribution in [0, 0.1) is 0 Å². The highest BCUT2D eigenvalue weighted by molar-refractivity contribution is 9.10. The molecule has 1 fully saturated rings. The molecule has 1 atom stereocenters. The second kappa shape index (κ2) is 6.38. The van der Waals surface area contributed by atoms with Crippen LogP contribution >= 0.6 is 27.5 Å². The predicted octanol–water partition coefficient (Wildman–Crippen LogP) is 3.67. The molecular formula is C14H20BrClN2. The fourth-order valence-electron chi connectivity index (χ4n) is 2.08. The molecule has 100 valence electrons. The van der Waals surface area contributed by atoms with E-state index in [1.807, 2.05) is 18.2 Å². The van der Waals surface area contributed by atoms with Crippen molar-refractivity contribution < 1.29 is 0 Å². The number of nitrogens with zero attached hydrogens (tertiary/aromatic N) is 1. The first kappa shape index (κ1) is 14.3. The van der Waals surface area contributed by atoms with Crippen molar-refractivity contribution in [2.24, 2.45) is 0 Å². The van der Waals surface area contributed by atoms with Gasteiger partial charge in [0.2, 0.25) is 0 Å². The van der Waals surface area contributed by atoms with Crippen LogP contribution in [0.1, 0.15) is 25.3 Å². The Hall–Kier alpha value is -0.0900. The number of rotatable bonds is 6. The quantitative estimate of drug-likeness (QED) is 0.855. The zero-order valence-electron chi connectivity index (χ0n) is 10.9. The molecule has 1 aromatic rings. The topological polar surface area (TPSA) is 15.3 Å². The molecule has 2 nitrogen and oxygen atoms in total. The number of halogens is 2. The lowest BCUT2D eigenvalue weighted by molar-refractivity contribution is 0.241. The number of hydrogen-bond acceptors (Lipinski definition) is 2. The van der Waals surface area contributed by atoms with E-state index in [0.29, 0.717) is 6.04 Å². The second-order valence-corrected chi connectivity index (χ2v) is 6.40. The van der Waals surface area contributed by atoms with E-state index >= 15 is 0 Å². The van der Waals surface area contributed by atoms with Crippen LogP contribution in [0.2, 0.25) is 5.02 Å². The number of likely N-dealkylation sites (N-methyl/N-ethyl adjacent to an activating group) is 1. The summed E-state index contributed by atoms with van der Waals surface area (Å²) in [6, 6.07) is 7.31. The summed E-state index contributed by atoms with van der Waals surface area (Å²) < 4.78 is 1.11. The smallest absolute Gasteiger partial charge is 0.0410 e. The third-order valence-electron chi connectivity index (χ3n) is 3.58. The standard InChI is InChI=1S/C14H20BrClN2/c1-10(18(2)13-4-5-13)8-17-9-11-7-12(16)3-6-14(11)15/h3,6-7,10,13,17H,4-5,8-9H2,1-2H3. The number of nitrogens with one attached hydrogen (secondary N) is 1. The van der Waals surface area contributed by atoms with Crippen molar-refractivity contribution in [2.75, 3.05) is 13.6 Å². The highest BCUT2D eigenvalue weighted by Gasteiger charge is 2.28. The summed E-state index contributed by atoms with van der Waals surface area (Å²) in [5.74, 6) is 0. The van der Waals surface area contributed by atoms with Gasteiger partial charge in [-0.25, -0.2) is 0 Å². The van der Waals surface area contributed by atoms with Gasteiger partial charge in [0.25, 0.3) is 0 Å². The van der Waals surface area contributed by atoms with Gasteiger partial charge in [0.05, 0.1) is 0 Å². The van der Waals surface area contributed by atoms with Crippen molar-refractivity contribution in [3.05, 3.63) is 33.3 Å². The van der Waals surface area contributed by atoms with Crippen LogP contribution in [0.15, 0.2) is 22.7 Å². The van der Waals surface area contributed by atoms with Crippen molar-refractivity contribution in [1.82, 2.24) is 10.2 Å². The molecule has 0 aromatic heterocycles. The largest absolute Gasteiger partial charge is 0.311 e. The summed E-state index contributed by atoms with van der Waals surface area (Å²) in [7, 11) is 2.22. The van der Waals surface area contributed by atoms with Crippen molar-refractivity contribution in [3.63, 3.8) is 0 Å². The van der Waals surface area contributed by atoms with E-state index < -0.39 is 0 Å². The Morgan fingerprint density at radius 3 is 2.89 bits per heavy atom. The molecule has 2 rings (SSSR count). The Balaban J connectivity index is 1.78. The first-order valence-electron chi connectivity index (χ1n) is 6.44. The molecule has 0 spiro atoms. The van der Waals surface area contributed by atoms with E-state index in [0.717, 1.165) is 28.6 Å². The number of hydrogen-bond donors (Lipinski definition) is 1. The third-order valence-corrected chi connectivity index (χ3v) is 4.59. The van der Waals surface area contributed by atoms with E-state index in [1.165, 1.54) is 18.4 Å². The molecular weight excluding hydrogens is 312 g/mol. The highest BCUT2D eigenvalue weighted by atomic mass is 79.9. The van der Waals surface area contributed by atoms with Gasteiger partial charge in [-0.05, 0) is 50.6 Å². The lowest BCUT2D eigenvalue weighted by Crippen LogP contribution is -2.38. The van der Waals surface area contributed by atoms with Gasteiger partial charge >= 0.3 is 0 Å². The van der Waals surface area contributed by atoms with E-state index in [9.17, 15) is 0 Å². The Morgan fingerprint density at radius 2 is 2.22 bits per heavy atom. The van der Waals surface area contributed by atoms with Crippen molar-refractivity contribution >= 4 is 27.5 Å². The zero-order valence-corrected chi connectivity index (χ0v) is 13.3. The van der Waals surface area contributed by atoms with E-state index in [4.69, 9.17) is 11.6 Å². The zero-order chi connectivity index (χ0) is 13.1. The Morgan fingerprint density at radius 1 is 1.50 bits per heavy atom. The Bertz CT molecular complexity index is 407. The molecule has 0 radical (unpaired) electrons. The Kier molecular flexibility index (Phi) is 5.07. The van der Waals surface area contributed by atoms with Crippen LogP contribution in [-0.4, -0.2) is 30.6 Å². The summed E-state index contributed by atoms with van der Waals surface area (Å²) in [6.45, 7) is 4.13. The average Bonchev–Trinajstić information content (AvgIpc) is 3.16. The van der Waals surface area contributed by atoms with Gasteiger partial charge in [-0.3, -0.25) is 4.90 Å². The highest BCUT2D eigenvalue weighted by Crippen LogP contribution is 2.26. The summed E-state index contributed by atoms with van der Waals surface area (Å²) >= 11 is 9.55. The minimum Gasteiger partial charge on any atom is -0.311 e. The summed E-state index contributed by atoms with van der Waals surface area (Å²) in [5.41, 5.74) is 1.21. The lowest BCUT2D eigenvalue weighted by Gasteiger charge is -2.24.